The van der Waals surface area contributed by atoms with E-state index in [-0.39, 0.29) is 5.91 Å². The molecule has 150 valence electrons. The van der Waals surface area contributed by atoms with Crippen LogP contribution in [0.3, 0.4) is 0 Å². The summed E-state index contributed by atoms with van der Waals surface area (Å²) in [6.45, 7) is 4.16. The summed E-state index contributed by atoms with van der Waals surface area (Å²) in [6.07, 6.45) is 2.48. The summed E-state index contributed by atoms with van der Waals surface area (Å²) in [5.74, 6) is 2.01. The normalized spacial score (nSPS) is 21.7. The van der Waals surface area contributed by atoms with Gasteiger partial charge < -0.3 is 29.7 Å². The Hall–Kier alpha value is -1.99. The number of nitrogens with zero attached hydrogens (tertiary/aromatic N) is 1. The molecule has 2 N–H and O–H groups in total. The van der Waals surface area contributed by atoms with Gasteiger partial charge in [-0.3, -0.25) is 4.79 Å². The van der Waals surface area contributed by atoms with Crippen LogP contribution < -0.4 is 25.0 Å². The highest BCUT2D eigenvalue weighted by molar-refractivity contribution is 5.85. The average Bonchev–Trinajstić information content (AvgIpc) is 3.21. The molecule has 2 heterocycles. The van der Waals surface area contributed by atoms with Gasteiger partial charge >= 0.3 is 0 Å². The molecule has 3 rings (SSSR count). The predicted octanol–water partition coefficient (Wildman–Crippen LogP) is 1.41. The maximum absolute atomic E-state index is 12.7. The third-order valence-electron chi connectivity index (χ3n) is 5.75. The molecule has 0 spiro atoms. The SMILES string of the molecule is COc1cc(OC)cc(N2CCC(CNC(=O)C3(OC)CCNCC3)C2)c1. The lowest BCUT2D eigenvalue weighted by molar-refractivity contribution is -0.146. The second kappa shape index (κ2) is 8.80. The molecule has 2 aliphatic rings. The molecule has 0 bridgehead atoms. The van der Waals surface area contributed by atoms with Crippen LogP contribution in [0.25, 0.3) is 0 Å². The largest absolute Gasteiger partial charge is 0.497 e. The van der Waals surface area contributed by atoms with E-state index in [2.05, 4.69) is 15.5 Å². The summed E-state index contributed by atoms with van der Waals surface area (Å²) in [5.41, 5.74) is 0.413. The Bertz CT molecular complexity index is 624. The van der Waals surface area contributed by atoms with Gasteiger partial charge in [0.15, 0.2) is 0 Å². The molecule has 1 unspecified atom stereocenters. The summed E-state index contributed by atoms with van der Waals surface area (Å²) in [4.78, 5) is 15.0. The number of ether oxygens (including phenoxy) is 3. The van der Waals surface area contributed by atoms with E-state index in [1.165, 1.54) is 0 Å². The van der Waals surface area contributed by atoms with E-state index >= 15 is 0 Å². The fourth-order valence-corrected chi connectivity index (χ4v) is 3.96. The first-order valence-corrected chi connectivity index (χ1v) is 9.62. The lowest BCUT2D eigenvalue weighted by Gasteiger charge is -2.35. The first-order valence-electron chi connectivity index (χ1n) is 9.62. The van der Waals surface area contributed by atoms with Crippen molar-refractivity contribution >= 4 is 11.6 Å². The van der Waals surface area contributed by atoms with Crippen LogP contribution in [-0.4, -0.2) is 65.6 Å². The second-order valence-corrected chi connectivity index (χ2v) is 7.33. The van der Waals surface area contributed by atoms with Gasteiger partial charge in [-0.2, -0.15) is 0 Å². The van der Waals surface area contributed by atoms with Crippen LogP contribution in [-0.2, 0) is 9.53 Å². The first-order chi connectivity index (χ1) is 13.1. The highest BCUT2D eigenvalue weighted by Gasteiger charge is 2.39. The minimum atomic E-state index is -0.677. The minimum Gasteiger partial charge on any atom is -0.497 e. The van der Waals surface area contributed by atoms with E-state index in [0.717, 1.165) is 62.6 Å². The van der Waals surface area contributed by atoms with Crippen LogP contribution in [0, 0.1) is 5.92 Å². The number of amides is 1. The van der Waals surface area contributed by atoms with Crippen molar-refractivity contribution in [3.63, 3.8) is 0 Å². The van der Waals surface area contributed by atoms with E-state index in [1.807, 2.05) is 18.2 Å². The van der Waals surface area contributed by atoms with E-state index in [1.54, 1.807) is 21.3 Å². The average molecular weight is 377 g/mol. The molecule has 1 aromatic rings. The number of benzene rings is 1. The summed E-state index contributed by atoms with van der Waals surface area (Å²) >= 11 is 0. The maximum Gasteiger partial charge on any atom is 0.252 e. The molecule has 2 saturated heterocycles. The third kappa shape index (κ3) is 4.47. The number of hydrogen-bond acceptors (Lipinski definition) is 6. The zero-order chi connectivity index (χ0) is 19.3. The zero-order valence-corrected chi connectivity index (χ0v) is 16.5. The number of nitrogens with one attached hydrogen (secondary N) is 2. The first kappa shape index (κ1) is 19.8. The van der Waals surface area contributed by atoms with Crippen molar-refractivity contribution in [2.45, 2.75) is 24.9 Å². The molecule has 1 atom stereocenters. The minimum absolute atomic E-state index is 0.0213. The zero-order valence-electron chi connectivity index (χ0n) is 16.5. The van der Waals surface area contributed by atoms with Crippen molar-refractivity contribution in [3.05, 3.63) is 18.2 Å². The molecular weight excluding hydrogens is 346 g/mol. The molecule has 2 aliphatic heterocycles. The maximum atomic E-state index is 12.7. The van der Waals surface area contributed by atoms with Crippen molar-refractivity contribution in [1.82, 2.24) is 10.6 Å². The number of rotatable bonds is 7. The van der Waals surface area contributed by atoms with Crippen molar-refractivity contribution < 1.29 is 19.0 Å². The second-order valence-electron chi connectivity index (χ2n) is 7.33. The van der Waals surface area contributed by atoms with E-state index < -0.39 is 5.60 Å². The van der Waals surface area contributed by atoms with Crippen LogP contribution in [0.1, 0.15) is 19.3 Å². The Kier molecular flexibility index (Phi) is 6.44. The molecule has 27 heavy (non-hydrogen) atoms. The molecule has 0 aromatic heterocycles. The Morgan fingerprint density at radius 1 is 1.19 bits per heavy atom. The van der Waals surface area contributed by atoms with E-state index in [0.29, 0.717) is 12.5 Å². The third-order valence-corrected chi connectivity index (χ3v) is 5.75. The number of anilines is 1. The van der Waals surface area contributed by atoms with Gasteiger partial charge in [0.05, 0.1) is 14.2 Å². The number of piperidine rings is 1. The smallest absolute Gasteiger partial charge is 0.252 e. The summed E-state index contributed by atoms with van der Waals surface area (Å²) in [5, 5.41) is 6.42. The van der Waals surface area contributed by atoms with Gasteiger partial charge in [0.2, 0.25) is 0 Å². The van der Waals surface area contributed by atoms with Gasteiger partial charge in [-0.25, -0.2) is 0 Å². The highest BCUT2D eigenvalue weighted by Crippen LogP contribution is 2.31. The number of methoxy groups -OCH3 is 3. The van der Waals surface area contributed by atoms with Crippen LogP contribution in [0.4, 0.5) is 5.69 Å². The van der Waals surface area contributed by atoms with Crippen LogP contribution in [0.15, 0.2) is 18.2 Å². The molecule has 7 heteroatoms. The molecule has 2 fully saturated rings. The lowest BCUT2D eigenvalue weighted by Crippen LogP contribution is -2.54. The van der Waals surface area contributed by atoms with Gasteiger partial charge in [0.1, 0.15) is 17.1 Å². The topological polar surface area (TPSA) is 72.1 Å². The summed E-state index contributed by atoms with van der Waals surface area (Å²) in [7, 11) is 4.96. The van der Waals surface area contributed by atoms with Crippen molar-refractivity contribution in [1.29, 1.82) is 0 Å². The van der Waals surface area contributed by atoms with Gasteiger partial charge in [-0.15, -0.1) is 0 Å². The number of hydrogen-bond donors (Lipinski definition) is 2. The van der Waals surface area contributed by atoms with Gasteiger partial charge in [0.25, 0.3) is 5.91 Å². The molecule has 0 radical (unpaired) electrons. The fourth-order valence-electron chi connectivity index (χ4n) is 3.96. The number of carbonyl (C=O) groups is 1. The standard InChI is InChI=1S/C20H31N3O4/c1-25-17-10-16(11-18(12-17)26-2)23-9-4-15(14-23)13-22-19(24)20(27-3)5-7-21-8-6-20/h10-12,15,21H,4-9,13-14H2,1-3H3,(H,22,24). The number of carbonyl (C=O) groups excluding carboxylic acids is 1. The van der Waals surface area contributed by atoms with E-state index in [9.17, 15) is 4.79 Å². The van der Waals surface area contributed by atoms with Crippen LogP contribution >= 0.6 is 0 Å². The highest BCUT2D eigenvalue weighted by atomic mass is 16.5. The quantitative estimate of drug-likeness (QED) is 0.749. The fraction of sp³-hybridized carbons (Fsp3) is 0.650. The lowest BCUT2D eigenvalue weighted by atomic mass is 9.91. The monoisotopic (exact) mass is 377 g/mol. The Labute approximate surface area is 161 Å². The molecule has 1 amide bonds. The summed E-state index contributed by atoms with van der Waals surface area (Å²) in [6, 6.07) is 5.93. The molecule has 0 saturated carbocycles. The van der Waals surface area contributed by atoms with Crippen molar-refractivity contribution in [2.75, 3.05) is 59.0 Å². The van der Waals surface area contributed by atoms with Gasteiger partial charge in [-0.05, 0) is 38.3 Å². The summed E-state index contributed by atoms with van der Waals surface area (Å²) < 4.78 is 16.3. The Morgan fingerprint density at radius 3 is 2.44 bits per heavy atom. The van der Waals surface area contributed by atoms with Gasteiger partial charge in [-0.1, -0.05) is 0 Å². The van der Waals surface area contributed by atoms with Crippen LogP contribution in [0.5, 0.6) is 11.5 Å². The Balaban J connectivity index is 1.56. The predicted molar refractivity (Wildman–Crippen MR) is 105 cm³/mol. The van der Waals surface area contributed by atoms with Crippen molar-refractivity contribution in [2.24, 2.45) is 5.92 Å². The van der Waals surface area contributed by atoms with Crippen molar-refractivity contribution in [3.8, 4) is 11.5 Å². The Morgan fingerprint density at radius 2 is 1.85 bits per heavy atom. The molecule has 0 aliphatic carbocycles. The molecule has 7 nitrogen and oxygen atoms in total. The van der Waals surface area contributed by atoms with Gasteiger partial charge in [0, 0.05) is 50.6 Å². The van der Waals surface area contributed by atoms with Crippen LogP contribution in [0.2, 0.25) is 0 Å². The molecular formula is C20H31N3O4. The molecule has 1 aromatic carbocycles. The van der Waals surface area contributed by atoms with E-state index in [4.69, 9.17) is 14.2 Å².